The predicted octanol–water partition coefficient (Wildman–Crippen LogP) is 1.62. The number of carbonyl (C=O) groups excluding carboxylic acids is 2. The fraction of sp³-hybridized carbons (Fsp3) is 0.333. The first-order chi connectivity index (χ1) is 11.2. The summed E-state index contributed by atoms with van der Waals surface area (Å²) in [5.74, 6) is 2.23. The van der Waals surface area contributed by atoms with Gasteiger partial charge >= 0.3 is 6.03 Å². The Bertz CT molecular complexity index is 633. The van der Waals surface area contributed by atoms with Crippen LogP contribution in [0.1, 0.15) is 23.6 Å². The molecule has 0 fully saturated rings. The van der Waals surface area contributed by atoms with Crippen molar-refractivity contribution in [3.05, 3.63) is 48.0 Å². The van der Waals surface area contributed by atoms with Crippen molar-refractivity contribution in [3.8, 4) is 12.3 Å². The fourth-order valence-electron chi connectivity index (χ4n) is 2.87. The molecule has 0 spiro atoms. The second-order valence-electron chi connectivity index (χ2n) is 5.41. The Labute approximate surface area is 136 Å². The van der Waals surface area contributed by atoms with Crippen molar-refractivity contribution in [2.24, 2.45) is 0 Å². The van der Waals surface area contributed by atoms with Gasteiger partial charge < -0.3 is 5.32 Å². The first-order valence-corrected chi connectivity index (χ1v) is 7.59. The van der Waals surface area contributed by atoms with Gasteiger partial charge in [0.2, 0.25) is 5.91 Å². The number of terminal acetylenes is 1. The number of rotatable bonds is 6. The van der Waals surface area contributed by atoms with Crippen LogP contribution in [0, 0.1) is 12.3 Å². The predicted molar refractivity (Wildman–Crippen MR) is 89.6 cm³/mol. The summed E-state index contributed by atoms with van der Waals surface area (Å²) in [5.41, 5.74) is 2.51. The average Bonchev–Trinajstić information content (AvgIpc) is 2.96. The van der Waals surface area contributed by atoms with Crippen molar-refractivity contribution in [1.82, 2.24) is 15.5 Å². The Morgan fingerprint density at radius 3 is 2.96 bits per heavy atom. The van der Waals surface area contributed by atoms with Gasteiger partial charge in [-0.2, -0.15) is 0 Å². The molecule has 23 heavy (non-hydrogen) atoms. The van der Waals surface area contributed by atoms with Crippen LogP contribution in [-0.4, -0.2) is 36.5 Å². The third-order valence-electron chi connectivity index (χ3n) is 3.84. The van der Waals surface area contributed by atoms with E-state index in [9.17, 15) is 9.59 Å². The highest BCUT2D eigenvalue weighted by Gasteiger charge is 2.28. The minimum absolute atomic E-state index is 0.0880. The maximum atomic E-state index is 12.1. The summed E-state index contributed by atoms with van der Waals surface area (Å²) in [6.45, 7) is 4.26. The average molecular weight is 311 g/mol. The molecule has 2 rings (SSSR count). The van der Waals surface area contributed by atoms with E-state index >= 15 is 0 Å². The maximum Gasteiger partial charge on any atom is 0.321 e. The van der Waals surface area contributed by atoms with E-state index < -0.39 is 6.03 Å². The lowest BCUT2D eigenvalue weighted by atomic mass is 10.1. The third kappa shape index (κ3) is 4.44. The van der Waals surface area contributed by atoms with E-state index in [0.717, 1.165) is 12.8 Å². The van der Waals surface area contributed by atoms with E-state index in [2.05, 4.69) is 35.3 Å². The van der Waals surface area contributed by atoms with Gasteiger partial charge in [0.1, 0.15) is 0 Å². The minimum atomic E-state index is -0.526. The summed E-state index contributed by atoms with van der Waals surface area (Å²) in [7, 11) is 0. The van der Waals surface area contributed by atoms with Crippen LogP contribution in [0.2, 0.25) is 0 Å². The summed E-state index contributed by atoms with van der Waals surface area (Å²) in [6.07, 6.45) is 8.89. The molecule has 0 saturated carbocycles. The molecule has 1 unspecified atom stereocenters. The summed E-state index contributed by atoms with van der Waals surface area (Å²) in [4.78, 5) is 25.5. The number of aryl methyl sites for hydroxylation is 1. The minimum Gasteiger partial charge on any atom is -0.334 e. The topological polar surface area (TPSA) is 61.4 Å². The zero-order valence-electron chi connectivity index (χ0n) is 13.0. The molecule has 1 aromatic rings. The van der Waals surface area contributed by atoms with Gasteiger partial charge in [0.15, 0.2) is 0 Å². The van der Waals surface area contributed by atoms with Gasteiger partial charge in [-0.1, -0.05) is 36.3 Å². The Morgan fingerprint density at radius 1 is 1.43 bits per heavy atom. The molecule has 0 bridgehead atoms. The van der Waals surface area contributed by atoms with Gasteiger partial charge in [0.05, 0.1) is 13.1 Å². The molecule has 120 valence electrons. The van der Waals surface area contributed by atoms with Crippen molar-refractivity contribution in [2.75, 3.05) is 19.6 Å². The van der Waals surface area contributed by atoms with Gasteiger partial charge in [0.25, 0.3) is 0 Å². The lowest BCUT2D eigenvalue weighted by Crippen LogP contribution is -2.45. The zero-order valence-corrected chi connectivity index (χ0v) is 13.0. The van der Waals surface area contributed by atoms with E-state index in [-0.39, 0.29) is 18.5 Å². The molecule has 1 aliphatic carbocycles. The van der Waals surface area contributed by atoms with Gasteiger partial charge in [-0.15, -0.1) is 13.0 Å². The number of imide groups is 1. The zero-order chi connectivity index (χ0) is 16.7. The molecule has 1 atom stereocenters. The van der Waals surface area contributed by atoms with E-state index in [4.69, 9.17) is 6.42 Å². The largest absolute Gasteiger partial charge is 0.334 e. The van der Waals surface area contributed by atoms with E-state index in [0.29, 0.717) is 13.1 Å². The molecule has 1 aromatic carbocycles. The first-order valence-electron chi connectivity index (χ1n) is 7.59. The van der Waals surface area contributed by atoms with Gasteiger partial charge in [-0.3, -0.25) is 15.0 Å². The van der Waals surface area contributed by atoms with Gasteiger partial charge in [-0.25, -0.2) is 4.79 Å². The van der Waals surface area contributed by atoms with Crippen LogP contribution in [0.4, 0.5) is 4.79 Å². The van der Waals surface area contributed by atoms with Crippen LogP contribution in [0.5, 0.6) is 0 Å². The Hall–Kier alpha value is -2.58. The number of amides is 3. The molecule has 1 aliphatic rings. The fourth-order valence-corrected chi connectivity index (χ4v) is 2.87. The van der Waals surface area contributed by atoms with Crippen LogP contribution in [0.15, 0.2) is 36.9 Å². The Morgan fingerprint density at radius 2 is 2.22 bits per heavy atom. The first kappa shape index (κ1) is 16.8. The number of nitrogens with zero attached hydrogens (tertiary/aromatic N) is 1. The normalized spacial score (nSPS) is 15.6. The molecular weight excluding hydrogens is 290 g/mol. The second kappa shape index (κ2) is 8.16. The van der Waals surface area contributed by atoms with Crippen LogP contribution in [0.25, 0.3) is 0 Å². The number of nitrogens with one attached hydrogen (secondary N) is 2. The molecule has 0 radical (unpaired) electrons. The lowest BCUT2D eigenvalue weighted by Gasteiger charge is -2.27. The van der Waals surface area contributed by atoms with Crippen LogP contribution in [0.3, 0.4) is 0 Å². The van der Waals surface area contributed by atoms with Crippen molar-refractivity contribution in [1.29, 1.82) is 0 Å². The monoisotopic (exact) mass is 311 g/mol. The van der Waals surface area contributed by atoms with E-state index in [1.807, 2.05) is 17.0 Å². The van der Waals surface area contributed by atoms with Crippen molar-refractivity contribution in [3.63, 3.8) is 0 Å². The highest BCUT2D eigenvalue weighted by Crippen LogP contribution is 2.35. The second-order valence-corrected chi connectivity index (χ2v) is 5.41. The lowest BCUT2D eigenvalue weighted by molar-refractivity contribution is -0.121. The van der Waals surface area contributed by atoms with E-state index in [1.165, 1.54) is 11.1 Å². The van der Waals surface area contributed by atoms with Gasteiger partial charge in [-0.05, 0) is 24.0 Å². The number of hydrogen-bond acceptors (Lipinski definition) is 3. The molecule has 5 heteroatoms. The molecule has 2 N–H and O–H groups in total. The van der Waals surface area contributed by atoms with Crippen LogP contribution in [-0.2, 0) is 11.2 Å². The Balaban J connectivity index is 2.00. The number of carbonyl (C=O) groups is 2. The quantitative estimate of drug-likeness (QED) is 0.620. The summed E-state index contributed by atoms with van der Waals surface area (Å²) in [5, 5.41) is 4.81. The van der Waals surface area contributed by atoms with Crippen LogP contribution < -0.4 is 10.6 Å². The van der Waals surface area contributed by atoms with Crippen LogP contribution >= 0.6 is 0 Å². The third-order valence-corrected chi connectivity index (χ3v) is 3.84. The summed E-state index contributed by atoms with van der Waals surface area (Å²) < 4.78 is 0. The summed E-state index contributed by atoms with van der Waals surface area (Å²) in [6, 6.07) is 7.78. The number of benzene rings is 1. The highest BCUT2D eigenvalue weighted by molar-refractivity contribution is 5.95. The van der Waals surface area contributed by atoms with E-state index in [1.54, 1.807) is 6.08 Å². The number of hydrogen-bond donors (Lipinski definition) is 2. The molecule has 5 nitrogen and oxygen atoms in total. The number of urea groups is 1. The molecule has 0 saturated heterocycles. The summed E-state index contributed by atoms with van der Waals surface area (Å²) >= 11 is 0. The highest BCUT2D eigenvalue weighted by atomic mass is 16.2. The smallest absolute Gasteiger partial charge is 0.321 e. The van der Waals surface area contributed by atoms with Crippen molar-refractivity contribution in [2.45, 2.75) is 18.9 Å². The molecular formula is C18H21N3O2. The standard InChI is InChI=1S/C18H21N3O2/c1-3-11-19-18(23)20-17(22)13-21(12-4-2)16-10-9-14-7-5-6-8-15(14)16/h2-3,5-8,16H,1,9-13H2,(H2,19,20,22,23). The van der Waals surface area contributed by atoms with Crippen molar-refractivity contribution >= 4 is 11.9 Å². The number of fused-ring (bicyclic) bond motifs is 1. The molecule has 0 aromatic heterocycles. The van der Waals surface area contributed by atoms with Crippen molar-refractivity contribution < 1.29 is 9.59 Å². The van der Waals surface area contributed by atoms with Gasteiger partial charge in [0, 0.05) is 12.6 Å². The molecule has 0 aliphatic heterocycles. The molecule has 0 heterocycles. The molecule has 3 amide bonds. The Kier molecular flexibility index (Phi) is 5.95. The SMILES string of the molecule is C#CCN(CC(=O)NC(=O)NCC=C)C1CCc2ccccc21. The maximum absolute atomic E-state index is 12.1.